The number of pyridine rings is 1. The number of carbonyl (C=O) groups excluding carboxylic acids is 1. The average Bonchev–Trinajstić information content (AvgIpc) is 2.80. The van der Waals surface area contributed by atoms with Gasteiger partial charge in [-0.25, -0.2) is 9.37 Å². The van der Waals surface area contributed by atoms with E-state index in [0.717, 1.165) is 30.8 Å². The number of nitrogens with zero attached hydrogens (tertiary/aromatic N) is 2. The predicted molar refractivity (Wildman–Crippen MR) is 64.7 cm³/mol. The van der Waals surface area contributed by atoms with E-state index in [4.69, 9.17) is 0 Å². The summed E-state index contributed by atoms with van der Waals surface area (Å²) < 4.78 is 26.2. The number of carbonyl (C=O) groups is 1. The minimum atomic E-state index is -1.30. The van der Waals surface area contributed by atoms with Crippen LogP contribution in [0.25, 0.3) is 0 Å². The molecule has 0 atom stereocenters. The molecule has 2 aromatic rings. The maximum absolute atomic E-state index is 13.4. The predicted octanol–water partition coefficient (Wildman–Crippen LogP) is 2.29. The van der Waals surface area contributed by atoms with Crippen LogP contribution < -0.4 is 5.32 Å². The number of anilines is 1. The Kier molecular flexibility index (Phi) is 3.84. The zero-order chi connectivity index (χ0) is 13.8. The third kappa shape index (κ3) is 2.93. The molecule has 0 aromatic carbocycles. The van der Waals surface area contributed by atoms with Crippen molar-refractivity contribution in [3.8, 4) is 0 Å². The fourth-order valence-corrected chi connectivity index (χ4v) is 1.60. The maximum Gasteiger partial charge on any atom is 0.260 e. The van der Waals surface area contributed by atoms with Crippen LogP contribution in [-0.2, 0) is 6.42 Å². The first-order valence-corrected chi connectivity index (χ1v) is 5.77. The van der Waals surface area contributed by atoms with Crippen LogP contribution in [0.4, 0.5) is 14.6 Å². The summed E-state index contributed by atoms with van der Waals surface area (Å²) in [6.45, 7) is 2.01. The first-order chi connectivity index (χ1) is 9.11. The molecule has 100 valence electrons. The van der Waals surface area contributed by atoms with E-state index in [9.17, 15) is 13.6 Å². The van der Waals surface area contributed by atoms with Crippen molar-refractivity contribution < 1.29 is 13.6 Å². The third-order valence-corrected chi connectivity index (χ3v) is 2.48. The molecular formula is C12H12F2N4O. The van der Waals surface area contributed by atoms with Crippen LogP contribution in [0.15, 0.2) is 18.3 Å². The Labute approximate surface area is 108 Å². The quantitative estimate of drug-likeness (QED) is 0.834. The molecule has 0 aliphatic rings. The second-order valence-electron chi connectivity index (χ2n) is 3.95. The highest BCUT2D eigenvalue weighted by molar-refractivity contribution is 6.03. The molecule has 1 amide bonds. The molecule has 0 aliphatic carbocycles. The lowest BCUT2D eigenvalue weighted by Crippen LogP contribution is -2.15. The summed E-state index contributed by atoms with van der Waals surface area (Å²) in [5, 5.41) is 9.00. The van der Waals surface area contributed by atoms with Gasteiger partial charge in [0.05, 0.1) is 5.56 Å². The van der Waals surface area contributed by atoms with Gasteiger partial charge in [-0.2, -0.15) is 9.49 Å². The summed E-state index contributed by atoms with van der Waals surface area (Å²) in [7, 11) is 0. The van der Waals surface area contributed by atoms with Crippen molar-refractivity contribution in [3.05, 3.63) is 41.4 Å². The van der Waals surface area contributed by atoms with Gasteiger partial charge in [0.2, 0.25) is 5.95 Å². The Morgan fingerprint density at radius 2 is 2.26 bits per heavy atom. The molecule has 2 N–H and O–H groups in total. The second-order valence-corrected chi connectivity index (χ2v) is 3.95. The standard InChI is InChI=1S/C12H12F2N4O/c1-2-3-7-6-9(18-17-7)16-12(19)8-4-5-15-11(14)10(8)13/h4-6H,2-3H2,1H3,(H2,16,17,18,19). The van der Waals surface area contributed by atoms with Crippen LogP contribution in [0.3, 0.4) is 0 Å². The van der Waals surface area contributed by atoms with Crippen LogP contribution in [-0.4, -0.2) is 21.1 Å². The van der Waals surface area contributed by atoms with Crippen LogP contribution in [0.1, 0.15) is 29.4 Å². The largest absolute Gasteiger partial charge is 0.305 e. The molecule has 0 radical (unpaired) electrons. The fraction of sp³-hybridized carbons (Fsp3) is 0.250. The number of hydrogen-bond donors (Lipinski definition) is 2. The van der Waals surface area contributed by atoms with E-state index in [2.05, 4.69) is 20.5 Å². The molecule has 19 heavy (non-hydrogen) atoms. The number of nitrogens with one attached hydrogen (secondary N) is 2. The van der Waals surface area contributed by atoms with Crippen molar-refractivity contribution in [3.63, 3.8) is 0 Å². The number of H-pyrrole nitrogens is 1. The lowest BCUT2D eigenvalue weighted by molar-refractivity contribution is 0.102. The molecule has 0 bridgehead atoms. The molecule has 0 spiro atoms. The molecule has 2 heterocycles. The fourth-order valence-electron chi connectivity index (χ4n) is 1.60. The molecule has 5 nitrogen and oxygen atoms in total. The van der Waals surface area contributed by atoms with Crippen molar-refractivity contribution in [1.29, 1.82) is 0 Å². The molecule has 2 aromatic heterocycles. The van der Waals surface area contributed by atoms with Gasteiger partial charge in [0.1, 0.15) is 0 Å². The highest BCUT2D eigenvalue weighted by atomic mass is 19.2. The molecule has 0 unspecified atom stereocenters. The molecule has 2 rings (SSSR count). The molecule has 0 saturated heterocycles. The number of aryl methyl sites for hydroxylation is 1. The molecule has 0 aliphatic heterocycles. The van der Waals surface area contributed by atoms with E-state index in [1.807, 2.05) is 6.92 Å². The SMILES string of the molecule is CCCc1cc(NC(=O)c2ccnc(F)c2F)n[nH]1. The van der Waals surface area contributed by atoms with Crippen molar-refractivity contribution in [1.82, 2.24) is 15.2 Å². The Morgan fingerprint density at radius 3 is 3.00 bits per heavy atom. The first-order valence-electron chi connectivity index (χ1n) is 5.77. The third-order valence-electron chi connectivity index (χ3n) is 2.48. The first kappa shape index (κ1) is 13.1. The van der Waals surface area contributed by atoms with Gasteiger partial charge in [-0.3, -0.25) is 9.89 Å². The average molecular weight is 266 g/mol. The number of halogens is 2. The zero-order valence-corrected chi connectivity index (χ0v) is 10.2. The normalized spacial score (nSPS) is 10.5. The summed E-state index contributed by atoms with van der Waals surface area (Å²) in [6, 6.07) is 2.75. The topological polar surface area (TPSA) is 70.7 Å². The molecule has 7 heteroatoms. The summed E-state index contributed by atoms with van der Waals surface area (Å²) in [5.41, 5.74) is 0.451. The van der Waals surface area contributed by atoms with Gasteiger partial charge in [0.15, 0.2) is 11.6 Å². The van der Waals surface area contributed by atoms with Crippen molar-refractivity contribution in [2.75, 3.05) is 5.32 Å². The van der Waals surface area contributed by atoms with Crippen molar-refractivity contribution in [2.24, 2.45) is 0 Å². The lowest BCUT2D eigenvalue weighted by Gasteiger charge is -2.02. The number of amides is 1. The number of rotatable bonds is 4. The molecule has 0 saturated carbocycles. The minimum absolute atomic E-state index is 0.269. The summed E-state index contributed by atoms with van der Waals surface area (Å²) in [4.78, 5) is 14.9. The highest BCUT2D eigenvalue weighted by Gasteiger charge is 2.16. The van der Waals surface area contributed by atoms with E-state index in [1.54, 1.807) is 6.07 Å². The van der Waals surface area contributed by atoms with Crippen LogP contribution >= 0.6 is 0 Å². The van der Waals surface area contributed by atoms with E-state index in [0.29, 0.717) is 0 Å². The number of aromatic amines is 1. The molecule has 0 fully saturated rings. The summed E-state index contributed by atoms with van der Waals surface area (Å²) in [5.74, 6) is -3.08. The smallest absolute Gasteiger partial charge is 0.260 e. The van der Waals surface area contributed by atoms with Gasteiger partial charge in [-0.15, -0.1) is 0 Å². The van der Waals surface area contributed by atoms with Gasteiger partial charge in [-0.05, 0) is 12.5 Å². The van der Waals surface area contributed by atoms with Crippen LogP contribution in [0.2, 0.25) is 0 Å². The van der Waals surface area contributed by atoms with Gasteiger partial charge in [0.25, 0.3) is 5.91 Å². The van der Waals surface area contributed by atoms with Crippen molar-refractivity contribution >= 4 is 11.7 Å². The highest BCUT2D eigenvalue weighted by Crippen LogP contribution is 2.12. The maximum atomic E-state index is 13.4. The van der Waals surface area contributed by atoms with Gasteiger partial charge in [-0.1, -0.05) is 13.3 Å². The Bertz CT molecular complexity index is 597. The minimum Gasteiger partial charge on any atom is -0.305 e. The van der Waals surface area contributed by atoms with E-state index < -0.39 is 23.2 Å². The van der Waals surface area contributed by atoms with Crippen molar-refractivity contribution in [2.45, 2.75) is 19.8 Å². The van der Waals surface area contributed by atoms with Gasteiger partial charge in [0, 0.05) is 18.0 Å². The molecular weight excluding hydrogens is 254 g/mol. The second kappa shape index (κ2) is 5.55. The monoisotopic (exact) mass is 266 g/mol. The van der Waals surface area contributed by atoms with E-state index in [-0.39, 0.29) is 5.82 Å². The lowest BCUT2D eigenvalue weighted by atomic mass is 10.2. The zero-order valence-electron chi connectivity index (χ0n) is 10.2. The van der Waals surface area contributed by atoms with E-state index >= 15 is 0 Å². The summed E-state index contributed by atoms with van der Waals surface area (Å²) >= 11 is 0. The van der Waals surface area contributed by atoms with Crippen LogP contribution in [0, 0.1) is 11.8 Å². The Morgan fingerprint density at radius 1 is 1.47 bits per heavy atom. The Balaban J connectivity index is 2.14. The van der Waals surface area contributed by atoms with Gasteiger partial charge >= 0.3 is 0 Å². The summed E-state index contributed by atoms with van der Waals surface area (Å²) in [6.07, 6.45) is 2.75. The van der Waals surface area contributed by atoms with Gasteiger partial charge < -0.3 is 5.32 Å². The van der Waals surface area contributed by atoms with Crippen LogP contribution in [0.5, 0.6) is 0 Å². The van der Waals surface area contributed by atoms with E-state index in [1.165, 1.54) is 0 Å². The number of hydrogen-bond acceptors (Lipinski definition) is 3. The Hall–Kier alpha value is -2.31. The number of aromatic nitrogens is 3.